The molecule has 8 heteroatoms. The largest absolute Gasteiger partial charge is 0.383 e. The van der Waals surface area contributed by atoms with E-state index in [0.717, 1.165) is 5.39 Å². The minimum absolute atomic E-state index is 0.235. The van der Waals surface area contributed by atoms with Crippen LogP contribution in [0.25, 0.3) is 33.5 Å². The molecule has 2 N–H and O–H groups in total. The summed E-state index contributed by atoms with van der Waals surface area (Å²) in [6, 6.07) is 15.5. The minimum atomic E-state index is -0.295. The van der Waals surface area contributed by atoms with Crippen molar-refractivity contribution >= 4 is 39.4 Å². The Morgan fingerprint density at radius 3 is 2.72 bits per heavy atom. The molecule has 0 aliphatic heterocycles. The van der Waals surface area contributed by atoms with Crippen molar-refractivity contribution in [1.29, 1.82) is 0 Å². The predicted molar refractivity (Wildman–Crippen MR) is 111 cm³/mol. The summed E-state index contributed by atoms with van der Waals surface area (Å²) >= 11 is 6.05. The molecule has 0 unspecified atom stereocenters. The zero-order valence-corrected chi connectivity index (χ0v) is 15.8. The van der Waals surface area contributed by atoms with Gasteiger partial charge < -0.3 is 5.73 Å². The molecule has 2 aromatic carbocycles. The van der Waals surface area contributed by atoms with E-state index in [1.807, 2.05) is 12.1 Å². The van der Waals surface area contributed by atoms with E-state index in [-0.39, 0.29) is 12.4 Å². The maximum atomic E-state index is 14.2. The topological polar surface area (TPSA) is 82.5 Å². The van der Waals surface area contributed by atoms with E-state index in [0.29, 0.717) is 44.5 Å². The van der Waals surface area contributed by atoms with Gasteiger partial charge in [0.2, 0.25) is 0 Å². The van der Waals surface area contributed by atoms with Crippen molar-refractivity contribution in [2.45, 2.75) is 6.54 Å². The number of hydrogen-bond donors (Lipinski definition) is 1. The van der Waals surface area contributed by atoms with Crippen LogP contribution >= 0.6 is 11.6 Å². The maximum absolute atomic E-state index is 14.2. The summed E-state index contributed by atoms with van der Waals surface area (Å²) in [4.78, 5) is 13.5. The molecular formula is C21H14ClFN6. The number of nitrogens with two attached hydrogens (primary N) is 1. The Labute approximate surface area is 169 Å². The second-order valence-electron chi connectivity index (χ2n) is 6.57. The minimum Gasteiger partial charge on any atom is -0.383 e. The average molecular weight is 405 g/mol. The van der Waals surface area contributed by atoms with Gasteiger partial charge in [-0.2, -0.15) is 5.10 Å². The molecule has 142 valence electrons. The number of rotatable bonds is 3. The van der Waals surface area contributed by atoms with E-state index in [1.165, 1.54) is 6.07 Å². The second kappa shape index (κ2) is 6.79. The van der Waals surface area contributed by atoms with Crippen molar-refractivity contribution in [2.24, 2.45) is 0 Å². The van der Waals surface area contributed by atoms with Crippen molar-refractivity contribution in [1.82, 2.24) is 24.7 Å². The van der Waals surface area contributed by atoms with E-state index in [9.17, 15) is 4.39 Å². The number of hydrogen-bond acceptors (Lipinski definition) is 5. The molecule has 3 aromatic heterocycles. The maximum Gasteiger partial charge on any atom is 0.183 e. The van der Waals surface area contributed by atoms with E-state index in [1.54, 1.807) is 47.3 Å². The van der Waals surface area contributed by atoms with Crippen molar-refractivity contribution in [3.63, 3.8) is 0 Å². The van der Waals surface area contributed by atoms with Crippen LogP contribution in [0.1, 0.15) is 5.56 Å². The fraction of sp³-hybridized carbons (Fsp3) is 0.0476. The molecule has 5 rings (SSSR count). The normalized spacial score (nSPS) is 11.4. The number of halogens is 2. The summed E-state index contributed by atoms with van der Waals surface area (Å²) in [5.41, 5.74) is 8.48. The zero-order valence-electron chi connectivity index (χ0n) is 15.0. The summed E-state index contributed by atoms with van der Waals surface area (Å²) in [5.74, 6) is 0.396. The van der Waals surface area contributed by atoms with Crippen molar-refractivity contribution in [3.05, 3.63) is 77.2 Å². The highest BCUT2D eigenvalue weighted by Crippen LogP contribution is 2.29. The standard InChI is InChI=1S/C21H14ClFN6/c22-13-7-8-17-15(10-13)19(24)27-20(26-17)18-14-5-3-9-25-21(14)29(28-18)11-12-4-1-2-6-16(12)23/h1-10H,11H2,(H2,24,26,27). The van der Waals surface area contributed by atoms with Gasteiger partial charge in [0, 0.05) is 22.2 Å². The molecule has 0 fully saturated rings. The molecule has 0 radical (unpaired) electrons. The summed E-state index contributed by atoms with van der Waals surface area (Å²) in [6.45, 7) is 0.235. The van der Waals surface area contributed by atoms with Crippen LogP contribution in [-0.2, 0) is 6.54 Å². The highest BCUT2D eigenvalue weighted by Gasteiger charge is 2.18. The molecule has 3 heterocycles. The first-order valence-electron chi connectivity index (χ1n) is 8.88. The van der Waals surface area contributed by atoms with Crippen LogP contribution in [0.5, 0.6) is 0 Å². The smallest absolute Gasteiger partial charge is 0.183 e. The number of anilines is 1. The average Bonchev–Trinajstić information content (AvgIpc) is 3.09. The van der Waals surface area contributed by atoms with Gasteiger partial charge >= 0.3 is 0 Å². The Balaban J connectivity index is 1.69. The molecule has 0 atom stereocenters. The third-order valence-corrected chi connectivity index (χ3v) is 4.92. The van der Waals surface area contributed by atoms with Crippen LogP contribution in [0.3, 0.4) is 0 Å². The summed E-state index contributed by atoms with van der Waals surface area (Å²) in [5, 5.41) is 6.64. The van der Waals surface area contributed by atoms with Gasteiger partial charge in [-0.3, -0.25) is 0 Å². The predicted octanol–water partition coefficient (Wildman–Crippen LogP) is 4.46. The summed E-state index contributed by atoms with van der Waals surface area (Å²) in [7, 11) is 0. The molecule has 0 aliphatic carbocycles. The molecule has 5 aromatic rings. The lowest BCUT2D eigenvalue weighted by molar-refractivity contribution is 0.589. The monoisotopic (exact) mass is 404 g/mol. The van der Waals surface area contributed by atoms with E-state index in [2.05, 4.69) is 20.1 Å². The molecule has 6 nitrogen and oxygen atoms in total. The lowest BCUT2D eigenvalue weighted by atomic mass is 10.2. The number of aromatic nitrogens is 5. The van der Waals surface area contributed by atoms with Crippen LogP contribution < -0.4 is 5.73 Å². The van der Waals surface area contributed by atoms with Crippen molar-refractivity contribution in [3.8, 4) is 11.5 Å². The number of benzene rings is 2. The number of pyridine rings is 1. The van der Waals surface area contributed by atoms with Crippen molar-refractivity contribution < 1.29 is 4.39 Å². The summed E-state index contributed by atoms with van der Waals surface area (Å²) in [6.07, 6.45) is 1.67. The fourth-order valence-electron chi connectivity index (χ4n) is 3.30. The lowest BCUT2D eigenvalue weighted by Crippen LogP contribution is -2.05. The van der Waals surface area contributed by atoms with Crippen LogP contribution in [0, 0.1) is 5.82 Å². The van der Waals surface area contributed by atoms with Gasteiger partial charge in [-0.05, 0) is 36.4 Å². The number of fused-ring (bicyclic) bond motifs is 2. The van der Waals surface area contributed by atoms with Gasteiger partial charge in [0.1, 0.15) is 17.3 Å². The highest BCUT2D eigenvalue weighted by molar-refractivity contribution is 6.31. The molecule has 0 saturated carbocycles. The first kappa shape index (κ1) is 17.5. The Kier molecular flexibility index (Phi) is 4.10. The molecule has 0 bridgehead atoms. The Bertz CT molecular complexity index is 1380. The van der Waals surface area contributed by atoms with E-state index < -0.39 is 0 Å². The quantitative estimate of drug-likeness (QED) is 0.480. The third kappa shape index (κ3) is 3.05. The second-order valence-corrected chi connectivity index (χ2v) is 7.00. The number of nitrogen functional groups attached to an aromatic ring is 1. The number of nitrogens with zero attached hydrogens (tertiary/aromatic N) is 5. The third-order valence-electron chi connectivity index (χ3n) is 4.68. The SMILES string of the molecule is Nc1nc(-c2nn(Cc3ccccc3F)c3ncccc23)nc2ccc(Cl)cc12. The van der Waals surface area contributed by atoms with Gasteiger partial charge in [-0.25, -0.2) is 24.0 Å². The van der Waals surface area contributed by atoms with Crippen LogP contribution in [0.2, 0.25) is 5.02 Å². The summed E-state index contributed by atoms with van der Waals surface area (Å²) < 4.78 is 15.8. The molecular weight excluding hydrogens is 391 g/mol. The Morgan fingerprint density at radius 1 is 1.00 bits per heavy atom. The van der Waals surface area contributed by atoms with E-state index in [4.69, 9.17) is 17.3 Å². The Hall–Kier alpha value is -3.58. The highest BCUT2D eigenvalue weighted by atomic mass is 35.5. The first-order chi connectivity index (χ1) is 14.1. The van der Waals surface area contributed by atoms with Gasteiger partial charge in [0.05, 0.1) is 17.4 Å². The van der Waals surface area contributed by atoms with Crippen molar-refractivity contribution in [2.75, 3.05) is 5.73 Å². The lowest BCUT2D eigenvalue weighted by Gasteiger charge is -2.05. The van der Waals surface area contributed by atoms with Crippen LogP contribution in [-0.4, -0.2) is 24.7 Å². The van der Waals surface area contributed by atoms with E-state index >= 15 is 0 Å². The van der Waals surface area contributed by atoms with Gasteiger partial charge in [-0.1, -0.05) is 29.8 Å². The van der Waals surface area contributed by atoms with Crippen LogP contribution in [0.4, 0.5) is 10.2 Å². The van der Waals surface area contributed by atoms with Gasteiger partial charge in [0.15, 0.2) is 11.5 Å². The Morgan fingerprint density at radius 2 is 1.86 bits per heavy atom. The molecule has 0 spiro atoms. The molecule has 29 heavy (non-hydrogen) atoms. The molecule has 0 amide bonds. The zero-order chi connectivity index (χ0) is 20.0. The molecule has 0 saturated heterocycles. The molecule has 0 aliphatic rings. The van der Waals surface area contributed by atoms with Gasteiger partial charge in [-0.15, -0.1) is 0 Å². The van der Waals surface area contributed by atoms with Crippen LogP contribution in [0.15, 0.2) is 60.8 Å². The first-order valence-corrected chi connectivity index (χ1v) is 9.26. The fourth-order valence-corrected chi connectivity index (χ4v) is 3.48. The van der Waals surface area contributed by atoms with Gasteiger partial charge in [0.25, 0.3) is 0 Å².